The van der Waals surface area contributed by atoms with Gasteiger partial charge in [0.2, 0.25) is 5.91 Å². The molecule has 2 aromatic carbocycles. The molecule has 0 bridgehead atoms. The van der Waals surface area contributed by atoms with Crippen LogP contribution in [-0.4, -0.2) is 31.3 Å². The number of nitro groups is 1. The molecule has 0 radical (unpaired) electrons. The Balaban J connectivity index is 1.69. The topological polar surface area (TPSA) is 103 Å². The number of nitro benzene ring substituents is 1. The van der Waals surface area contributed by atoms with Gasteiger partial charge in [-0.25, -0.2) is 0 Å². The van der Waals surface area contributed by atoms with Crippen LogP contribution in [0.5, 0.6) is 0 Å². The molecule has 1 amide bonds. The van der Waals surface area contributed by atoms with Crippen molar-refractivity contribution in [2.45, 2.75) is 19.0 Å². The number of nitrogens with one attached hydrogen (secondary N) is 1. The van der Waals surface area contributed by atoms with Crippen LogP contribution in [0.4, 0.5) is 11.4 Å². The molecule has 0 fully saturated rings. The monoisotopic (exact) mass is 397 g/mol. The standard InChI is InChI=1S/C19H19N5O3S/c1-12-6-4-9-16(13(12)2)20-17(25)11-28-19-22-21-18(23(19)3)14-7-5-8-15(10-14)24(26)27/h4-10H,11H2,1-3H3,(H,20,25). The maximum atomic E-state index is 12.3. The maximum Gasteiger partial charge on any atom is 0.270 e. The molecule has 0 spiro atoms. The van der Waals surface area contributed by atoms with Crippen LogP contribution in [0.3, 0.4) is 0 Å². The second kappa shape index (κ2) is 8.22. The number of carbonyl (C=O) groups excluding carboxylic acids is 1. The molecule has 3 rings (SSSR count). The molecule has 0 saturated carbocycles. The lowest BCUT2D eigenvalue weighted by atomic mass is 10.1. The average Bonchev–Trinajstić information content (AvgIpc) is 3.04. The summed E-state index contributed by atoms with van der Waals surface area (Å²) in [5, 5.41) is 22.6. The van der Waals surface area contributed by atoms with E-state index in [1.807, 2.05) is 32.0 Å². The molecule has 1 N–H and O–H groups in total. The summed E-state index contributed by atoms with van der Waals surface area (Å²) in [7, 11) is 1.76. The van der Waals surface area contributed by atoms with Crippen molar-refractivity contribution in [3.8, 4) is 11.4 Å². The Morgan fingerprint density at radius 1 is 1.21 bits per heavy atom. The summed E-state index contributed by atoms with van der Waals surface area (Å²) in [4.78, 5) is 22.8. The number of aromatic nitrogens is 3. The first-order chi connectivity index (χ1) is 13.4. The van der Waals surface area contributed by atoms with Gasteiger partial charge in [-0.15, -0.1) is 10.2 Å². The number of hydrogen-bond acceptors (Lipinski definition) is 6. The van der Waals surface area contributed by atoms with Crippen LogP contribution in [0.1, 0.15) is 11.1 Å². The van der Waals surface area contributed by atoms with Crippen molar-refractivity contribution in [3.05, 3.63) is 63.7 Å². The fourth-order valence-electron chi connectivity index (χ4n) is 2.65. The van der Waals surface area contributed by atoms with Crippen LogP contribution in [0.2, 0.25) is 0 Å². The van der Waals surface area contributed by atoms with Crippen molar-refractivity contribution in [2.75, 3.05) is 11.1 Å². The van der Waals surface area contributed by atoms with Crippen LogP contribution < -0.4 is 5.32 Å². The summed E-state index contributed by atoms with van der Waals surface area (Å²) in [5.41, 5.74) is 3.52. The fourth-order valence-corrected chi connectivity index (χ4v) is 3.36. The summed E-state index contributed by atoms with van der Waals surface area (Å²) in [6.45, 7) is 3.96. The van der Waals surface area contributed by atoms with Gasteiger partial charge in [0.1, 0.15) is 0 Å². The number of non-ortho nitro benzene ring substituents is 1. The van der Waals surface area contributed by atoms with Gasteiger partial charge in [0.05, 0.1) is 10.7 Å². The molecule has 0 aliphatic rings. The highest BCUT2D eigenvalue weighted by Gasteiger charge is 2.15. The quantitative estimate of drug-likeness (QED) is 0.386. The molecule has 9 heteroatoms. The lowest BCUT2D eigenvalue weighted by Crippen LogP contribution is -2.15. The minimum absolute atomic E-state index is 0.0115. The number of thioether (sulfide) groups is 1. The number of rotatable bonds is 6. The zero-order valence-corrected chi connectivity index (χ0v) is 16.5. The number of amides is 1. The van der Waals surface area contributed by atoms with Crippen molar-refractivity contribution in [2.24, 2.45) is 7.05 Å². The maximum absolute atomic E-state index is 12.3. The van der Waals surface area contributed by atoms with E-state index >= 15 is 0 Å². The predicted octanol–water partition coefficient (Wildman–Crippen LogP) is 3.74. The molecule has 0 unspecified atom stereocenters. The minimum atomic E-state index is -0.451. The molecular formula is C19H19N5O3S. The largest absolute Gasteiger partial charge is 0.325 e. The van der Waals surface area contributed by atoms with E-state index < -0.39 is 4.92 Å². The number of hydrogen-bond donors (Lipinski definition) is 1. The number of carbonyl (C=O) groups is 1. The summed E-state index contributed by atoms with van der Waals surface area (Å²) >= 11 is 1.25. The van der Waals surface area contributed by atoms with Crippen molar-refractivity contribution < 1.29 is 9.72 Å². The van der Waals surface area contributed by atoms with Crippen molar-refractivity contribution >= 4 is 29.0 Å². The van der Waals surface area contributed by atoms with Gasteiger partial charge in [0.15, 0.2) is 11.0 Å². The summed E-state index contributed by atoms with van der Waals surface area (Å²) in [6.07, 6.45) is 0. The minimum Gasteiger partial charge on any atom is -0.325 e. The summed E-state index contributed by atoms with van der Waals surface area (Å²) in [6, 6.07) is 12.0. The molecule has 28 heavy (non-hydrogen) atoms. The Labute approximate surface area is 166 Å². The van der Waals surface area contributed by atoms with Gasteiger partial charge < -0.3 is 9.88 Å². The van der Waals surface area contributed by atoms with Crippen LogP contribution in [-0.2, 0) is 11.8 Å². The van der Waals surface area contributed by atoms with Crippen molar-refractivity contribution in [1.29, 1.82) is 0 Å². The van der Waals surface area contributed by atoms with Crippen LogP contribution in [0.15, 0.2) is 47.6 Å². The third kappa shape index (κ3) is 4.20. The van der Waals surface area contributed by atoms with Crippen LogP contribution in [0, 0.1) is 24.0 Å². The first-order valence-corrected chi connectivity index (χ1v) is 9.48. The SMILES string of the molecule is Cc1cccc(NC(=O)CSc2nnc(-c3cccc([N+](=O)[O-])c3)n2C)c1C. The summed E-state index contributed by atoms with van der Waals surface area (Å²) in [5.74, 6) is 0.536. The van der Waals surface area contributed by atoms with E-state index in [0.29, 0.717) is 16.5 Å². The zero-order valence-electron chi connectivity index (χ0n) is 15.7. The van der Waals surface area contributed by atoms with Gasteiger partial charge in [0.25, 0.3) is 5.69 Å². The zero-order chi connectivity index (χ0) is 20.3. The molecule has 3 aromatic rings. The number of nitrogens with zero attached hydrogens (tertiary/aromatic N) is 4. The van der Waals surface area contributed by atoms with E-state index in [-0.39, 0.29) is 17.3 Å². The number of anilines is 1. The molecule has 0 saturated heterocycles. The Morgan fingerprint density at radius 2 is 1.96 bits per heavy atom. The number of benzene rings is 2. The predicted molar refractivity (Wildman–Crippen MR) is 108 cm³/mol. The Kier molecular flexibility index (Phi) is 5.74. The molecule has 144 valence electrons. The molecule has 0 aliphatic heterocycles. The van der Waals surface area contributed by atoms with Crippen LogP contribution >= 0.6 is 11.8 Å². The lowest BCUT2D eigenvalue weighted by molar-refractivity contribution is -0.384. The normalized spacial score (nSPS) is 10.7. The smallest absolute Gasteiger partial charge is 0.270 e. The first-order valence-electron chi connectivity index (χ1n) is 8.50. The lowest BCUT2D eigenvalue weighted by Gasteiger charge is -2.10. The first kappa shape index (κ1) is 19.6. The summed E-state index contributed by atoms with van der Waals surface area (Å²) < 4.78 is 1.72. The highest BCUT2D eigenvalue weighted by atomic mass is 32.2. The highest BCUT2D eigenvalue weighted by Crippen LogP contribution is 2.26. The number of aryl methyl sites for hydroxylation is 1. The third-order valence-corrected chi connectivity index (χ3v) is 5.38. The molecule has 0 aliphatic carbocycles. The van der Waals surface area contributed by atoms with Gasteiger partial charge in [-0.05, 0) is 31.0 Å². The van der Waals surface area contributed by atoms with E-state index in [0.717, 1.165) is 16.8 Å². The van der Waals surface area contributed by atoms with E-state index in [4.69, 9.17) is 0 Å². The third-order valence-electron chi connectivity index (χ3n) is 4.36. The molecule has 0 atom stereocenters. The van der Waals surface area contributed by atoms with Crippen LogP contribution in [0.25, 0.3) is 11.4 Å². The fraction of sp³-hybridized carbons (Fsp3) is 0.211. The second-order valence-corrected chi connectivity index (χ2v) is 7.20. The van der Waals surface area contributed by atoms with E-state index in [1.165, 1.54) is 23.9 Å². The highest BCUT2D eigenvalue weighted by molar-refractivity contribution is 7.99. The van der Waals surface area contributed by atoms with Gasteiger partial charge in [0, 0.05) is 30.4 Å². The van der Waals surface area contributed by atoms with Crippen molar-refractivity contribution in [1.82, 2.24) is 14.8 Å². The average molecular weight is 397 g/mol. The molecular weight excluding hydrogens is 378 g/mol. The Morgan fingerprint density at radius 3 is 2.71 bits per heavy atom. The molecule has 1 heterocycles. The van der Waals surface area contributed by atoms with Gasteiger partial charge in [-0.1, -0.05) is 36.0 Å². The van der Waals surface area contributed by atoms with E-state index in [1.54, 1.807) is 23.7 Å². The van der Waals surface area contributed by atoms with Gasteiger partial charge in [-0.3, -0.25) is 14.9 Å². The molecule has 8 nitrogen and oxygen atoms in total. The van der Waals surface area contributed by atoms with E-state index in [9.17, 15) is 14.9 Å². The van der Waals surface area contributed by atoms with Crippen molar-refractivity contribution in [3.63, 3.8) is 0 Å². The van der Waals surface area contributed by atoms with Gasteiger partial charge >= 0.3 is 0 Å². The Bertz CT molecular complexity index is 1050. The van der Waals surface area contributed by atoms with Gasteiger partial charge in [-0.2, -0.15) is 0 Å². The Hall–Kier alpha value is -3.20. The molecule has 1 aromatic heterocycles. The second-order valence-electron chi connectivity index (χ2n) is 6.26. The van der Waals surface area contributed by atoms with E-state index in [2.05, 4.69) is 15.5 Å².